The van der Waals surface area contributed by atoms with E-state index in [4.69, 9.17) is 14.6 Å². The zero-order chi connectivity index (χ0) is 19.3. The van der Waals surface area contributed by atoms with Crippen molar-refractivity contribution in [3.63, 3.8) is 0 Å². The summed E-state index contributed by atoms with van der Waals surface area (Å²) in [6, 6.07) is 1.77. The summed E-state index contributed by atoms with van der Waals surface area (Å²) in [5, 5.41) is 12.2. The Labute approximate surface area is 162 Å². The van der Waals surface area contributed by atoms with Gasteiger partial charge in [-0.1, -0.05) is 64.7 Å². The third-order valence-electron chi connectivity index (χ3n) is 4.86. The van der Waals surface area contributed by atoms with Crippen molar-refractivity contribution in [1.29, 1.82) is 0 Å². The minimum absolute atomic E-state index is 0.225. The fourth-order valence-corrected chi connectivity index (χ4v) is 3.24. The first-order valence-corrected chi connectivity index (χ1v) is 10.5. The minimum atomic E-state index is -0.670. The van der Waals surface area contributed by atoms with Gasteiger partial charge in [-0.15, -0.1) is 0 Å². The largest absolute Gasteiger partial charge is 0.391 e. The molecule has 1 saturated heterocycles. The van der Waals surface area contributed by atoms with Crippen LogP contribution >= 0.6 is 0 Å². The van der Waals surface area contributed by atoms with Crippen LogP contribution < -0.4 is 11.0 Å². The van der Waals surface area contributed by atoms with Crippen molar-refractivity contribution in [2.75, 3.05) is 25.1 Å². The number of aromatic nitrogens is 2. The highest BCUT2D eigenvalue weighted by Crippen LogP contribution is 2.19. The highest BCUT2D eigenvalue weighted by Gasteiger charge is 2.27. The van der Waals surface area contributed by atoms with Crippen LogP contribution in [0.5, 0.6) is 0 Å². The molecule has 0 amide bonds. The van der Waals surface area contributed by atoms with Gasteiger partial charge in [0.1, 0.15) is 5.82 Å². The van der Waals surface area contributed by atoms with E-state index >= 15 is 0 Å². The van der Waals surface area contributed by atoms with Gasteiger partial charge in [0, 0.05) is 12.7 Å². The van der Waals surface area contributed by atoms with Gasteiger partial charge in [-0.05, 0) is 12.5 Å². The van der Waals surface area contributed by atoms with Crippen LogP contribution in [0.4, 0.5) is 5.82 Å². The molecule has 1 aliphatic heterocycles. The van der Waals surface area contributed by atoms with E-state index in [1.165, 1.54) is 62.4 Å². The summed E-state index contributed by atoms with van der Waals surface area (Å²) in [5.74, 6) is 0.588. The third-order valence-corrected chi connectivity index (χ3v) is 4.86. The third kappa shape index (κ3) is 7.99. The van der Waals surface area contributed by atoms with Gasteiger partial charge in [0.2, 0.25) is 0 Å². The van der Waals surface area contributed by atoms with Crippen LogP contribution in [0.3, 0.4) is 0 Å². The van der Waals surface area contributed by atoms with Crippen LogP contribution in [0.25, 0.3) is 0 Å². The van der Waals surface area contributed by atoms with Crippen molar-refractivity contribution in [1.82, 2.24) is 9.55 Å². The molecule has 1 fully saturated rings. The summed E-state index contributed by atoms with van der Waals surface area (Å²) < 4.78 is 12.0. The van der Waals surface area contributed by atoms with Crippen LogP contribution in [0.1, 0.15) is 77.4 Å². The maximum atomic E-state index is 12.1. The summed E-state index contributed by atoms with van der Waals surface area (Å²) in [5.41, 5.74) is -0.379. The molecule has 0 bridgehead atoms. The second-order valence-electron chi connectivity index (χ2n) is 7.15. The molecular weight excluding hydrogens is 346 g/mol. The molecule has 7 heteroatoms. The van der Waals surface area contributed by atoms with E-state index in [9.17, 15) is 4.79 Å². The monoisotopic (exact) mass is 381 g/mol. The number of aliphatic hydroxyl groups excluding tert-OH is 1. The van der Waals surface area contributed by atoms with E-state index in [0.717, 1.165) is 13.0 Å². The lowest BCUT2D eigenvalue weighted by atomic mass is 10.1. The Morgan fingerprint density at radius 1 is 1.15 bits per heavy atom. The molecule has 0 radical (unpaired) electrons. The quantitative estimate of drug-likeness (QED) is 0.480. The number of hydrogen-bond acceptors (Lipinski definition) is 6. The molecule has 2 heterocycles. The molecule has 2 N–H and O–H groups in total. The summed E-state index contributed by atoms with van der Waals surface area (Å²) in [4.78, 5) is 16.2. The molecule has 1 aliphatic rings. The van der Waals surface area contributed by atoms with E-state index in [0.29, 0.717) is 5.82 Å². The van der Waals surface area contributed by atoms with Crippen molar-refractivity contribution >= 4 is 5.82 Å². The molecule has 1 aromatic heterocycles. The normalized spacial score (nSPS) is 19.5. The zero-order valence-electron chi connectivity index (χ0n) is 16.6. The number of unbranched alkanes of at least 4 members (excludes halogenated alkanes) is 9. The van der Waals surface area contributed by atoms with Gasteiger partial charge >= 0.3 is 5.69 Å². The first kappa shape index (κ1) is 21.9. The number of anilines is 1. The lowest BCUT2D eigenvalue weighted by molar-refractivity contribution is -0.0992. The Morgan fingerprint density at radius 2 is 1.81 bits per heavy atom. The van der Waals surface area contributed by atoms with Crippen molar-refractivity contribution in [3.05, 3.63) is 22.7 Å². The number of hydrogen-bond donors (Lipinski definition) is 2. The molecule has 1 aromatic rings. The average molecular weight is 382 g/mol. The number of rotatable bonds is 14. The molecular formula is C20H35N3O4. The van der Waals surface area contributed by atoms with Gasteiger partial charge in [-0.3, -0.25) is 4.57 Å². The molecule has 2 atom stereocenters. The highest BCUT2D eigenvalue weighted by molar-refractivity contribution is 5.31. The van der Waals surface area contributed by atoms with Gasteiger partial charge in [-0.2, -0.15) is 4.98 Å². The molecule has 2 rings (SSSR count). The fourth-order valence-electron chi connectivity index (χ4n) is 3.24. The number of aliphatic hydroxyl groups is 1. The topological polar surface area (TPSA) is 85.6 Å². The molecule has 0 saturated carbocycles. The lowest BCUT2D eigenvalue weighted by Crippen LogP contribution is -2.29. The van der Waals surface area contributed by atoms with Gasteiger partial charge in [0.15, 0.2) is 12.5 Å². The molecule has 27 heavy (non-hydrogen) atoms. The molecule has 0 unspecified atom stereocenters. The Kier molecular flexibility index (Phi) is 10.4. The second-order valence-corrected chi connectivity index (χ2v) is 7.15. The fraction of sp³-hybridized carbons (Fsp3) is 0.800. The first-order chi connectivity index (χ1) is 13.2. The number of nitrogens with zero attached hydrogens (tertiary/aromatic N) is 2. The van der Waals surface area contributed by atoms with E-state index < -0.39 is 12.5 Å². The molecule has 154 valence electrons. The summed E-state index contributed by atoms with van der Waals surface area (Å²) in [6.07, 6.45) is 13.5. The van der Waals surface area contributed by atoms with Gasteiger partial charge in [0.25, 0.3) is 0 Å². The maximum Gasteiger partial charge on any atom is 0.351 e. The Hall–Kier alpha value is -1.44. The van der Waals surface area contributed by atoms with Crippen LogP contribution in [0.2, 0.25) is 0 Å². The number of ether oxygens (including phenoxy) is 2. The van der Waals surface area contributed by atoms with Crippen LogP contribution in [0.15, 0.2) is 17.1 Å². The standard InChI is InChI=1S/C20H35N3O4/c1-2-3-4-5-6-7-8-9-10-11-13-21-17-12-14-23(20(25)22-17)18-16-26-19(15-24)27-18/h12,14,18-19,24H,2-11,13,15-16H2,1H3,(H,21,22,25)/t18-,19-/m0/s1. The Morgan fingerprint density at radius 3 is 2.41 bits per heavy atom. The van der Waals surface area contributed by atoms with Crippen molar-refractivity contribution in [2.45, 2.75) is 83.6 Å². The van der Waals surface area contributed by atoms with Gasteiger partial charge in [-0.25, -0.2) is 4.79 Å². The first-order valence-electron chi connectivity index (χ1n) is 10.5. The maximum absolute atomic E-state index is 12.1. The molecule has 7 nitrogen and oxygen atoms in total. The van der Waals surface area contributed by atoms with Crippen LogP contribution in [-0.4, -0.2) is 40.7 Å². The summed E-state index contributed by atoms with van der Waals surface area (Å²) >= 11 is 0. The van der Waals surface area contributed by atoms with Crippen LogP contribution in [0, 0.1) is 0 Å². The van der Waals surface area contributed by atoms with E-state index in [1.807, 2.05) is 0 Å². The van der Waals surface area contributed by atoms with E-state index in [-0.39, 0.29) is 18.9 Å². The van der Waals surface area contributed by atoms with E-state index in [1.54, 1.807) is 12.3 Å². The van der Waals surface area contributed by atoms with Gasteiger partial charge < -0.3 is 19.9 Å². The zero-order valence-corrected chi connectivity index (χ0v) is 16.6. The SMILES string of the molecule is CCCCCCCCCCCCNc1ccn([C@@H]2CO[C@H](CO)O2)c(=O)n1. The van der Waals surface area contributed by atoms with Crippen molar-refractivity contribution < 1.29 is 14.6 Å². The summed E-state index contributed by atoms with van der Waals surface area (Å²) in [7, 11) is 0. The average Bonchev–Trinajstić information content (AvgIpc) is 3.15. The second kappa shape index (κ2) is 12.9. The molecule has 0 aromatic carbocycles. The molecule has 0 aliphatic carbocycles. The minimum Gasteiger partial charge on any atom is -0.391 e. The summed E-state index contributed by atoms with van der Waals surface area (Å²) in [6.45, 7) is 3.08. The van der Waals surface area contributed by atoms with Crippen molar-refractivity contribution in [3.8, 4) is 0 Å². The van der Waals surface area contributed by atoms with Gasteiger partial charge in [0.05, 0.1) is 13.2 Å². The lowest BCUT2D eigenvalue weighted by Gasteiger charge is -2.13. The predicted molar refractivity (Wildman–Crippen MR) is 106 cm³/mol. The van der Waals surface area contributed by atoms with Crippen LogP contribution in [-0.2, 0) is 9.47 Å². The molecule has 0 spiro atoms. The predicted octanol–water partition coefficient (Wildman–Crippen LogP) is 3.44. The highest BCUT2D eigenvalue weighted by atomic mass is 16.7. The van der Waals surface area contributed by atoms with Crippen molar-refractivity contribution in [2.24, 2.45) is 0 Å². The Balaban J connectivity index is 1.56. The Bertz CT molecular complexity index is 579. The number of nitrogens with one attached hydrogen (secondary N) is 1. The van der Waals surface area contributed by atoms with E-state index in [2.05, 4.69) is 17.2 Å². The smallest absolute Gasteiger partial charge is 0.351 e.